The van der Waals surface area contributed by atoms with E-state index in [1.54, 1.807) is 17.4 Å². The Labute approximate surface area is 123 Å². The van der Waals surface area contributed by atoms with Gasteiger partial charge in [0.05, 0.1) is 4.88 Å². The van der Waals surface area contributed by atoms with Gasteiger partial charge in [0.2, 0.25) is 5.78 Å². The van der Waals surface area contributed by atoms with Crippen LogP contribution in [0.15, 0.2) is 30.3 Å². The van der Waals surface area contributed by atoms with Crippen molar-refractivity contribution in [2.24, 2.45) is 0 Å². The predicted octanol–water partition coefficient (Wildman–Crippen LogP) is 5.24. The van der Waals surface area contributed by atoms with Crippen LogP contribution in [0.2, 0.25) is 5.02 Å². The van der Waals surface area contributed by atoms with E-state index < -0.39 is 0 Å². The summed E-state index contributed by atoms with van der Waals surface area (Å²) < 4.78 is 0. The summed E-state index contributed by atoms with van der Waals surface area (Å²) in [5.74, 6) is 0.0439. The number of ketones is 1. The van der Waals surface area contributed by atoms with E-state index in [0.29, 0.717) is 10.6 Å². The molecule has 0 aliphatic heterocycles. The molecule has 0 fully saturated rings. The molecule has 19 heavy (non-hydrogen) atoms. The van der Waals surface area contributed by atoms with E-state index in [0.717, 1.165) is 10.4 Å². The quantitative estimate of drug-likeness (QED) is 0.692. The molecule has 0 atom stereocenters. The van der Waals surface area contributed by atoms with Crippen molar-refractivity contribution in [2.75, 3.05) is 0 Å². The predicted molar refractivity (Wildman–Crippen MR) is 82.6 cm³/mol. The molecule has 1 nitrogen and oxygen atoms in total. The standard InChI is InChI=1S/C16H17ClOS/c1-10-5-6-11(9-12(10)17)15(18)13-7-8-14(19-13)16(2,3)4/h5-9H,1-4H3. The maximum absolute atomic E-state index is 12.4. The first-order valence-electron chi connectivity index (χ1n) is 6.20. The van der Waals surface area contributed by atoms with Crippen LogP contribution in [0.1, 0.15) is 46.4 Å². The van der Waals surface area contributed by atoms with Gasteiger partial charge in [0.1, 0.15) is 0 Å². The van der Waals surface area contributed by atoms with Gasteiger partial charge < -0.3 is 0 Å². The molecule has 0 radical (unpaired) electrons. The number of thiophene rings is 1. The van der Waals surface area contributed by atoms with Crippen LogP contribution in [0.3, 0.4) is 0 Å². The lowest BCUT2D eigenvalue weighted by molar-refractivity contribution is 0.104. The molecular weight excluding hydrogens is 276 g/mol. The largest absolute Gasteiger partial charge is 0.288 e. The minimum atomic E-state index is 0.0439. The molecule has 0 spiro atoms. The second-order valence-electron chi connectivity index (χ2n) is 5.71. The van der Waals surface area contributed by atoms with Crippen LogP contribution < -0.4 is 0 Å². The van der Waals surface area contributed by atoms with Crippen molar-refractivity contribution in [3.8, 4) is 0 Å². The number of carbonyl (C=O) groups excluding carboxylic acids is 1. The molecule has 0 saturated heterocycles. The van der Waals surface area contributed by atoms with Crippen LogP contribution in [0, 0.1) is 6.92 Å². The van der Waals surface area contributed by atoms with E-state index >= 15 is 0 Å². The molecule has 0 aliphatic carbocycles. The molecule has 0 N–H and O–H groups in total. The Hall–Kier alpha value is -1.12. The fourth-order valence-corrected chi connectivity index (χ4v) is 2.95. The summed E-state index contributed by atoms with van der Waals surface area (Å²) in [6.45, 7) is 8.38. The second kappa shape index (κ2) is 5.10. The Bertz CT molecular complexity index is 620. The molecule has 0 unspecified atom stereocenters. The summed E-state index contributed by atoms with van der Waals surface area (Å²) in [5, 5.41) is 0.637. The third-order valence-corrected chi connectivity index (χ3v) is 4.92. The number of hydrogen-bond donors (Lipinski definition) is 0. The van der Waals surface area contributed by atoms with Crippen molar-refractivity contribution in [1.82, 2.24) is 0 Å². The first kappa shape index (κ1) is 14.3. The fourth-order valence-electron chi connectivity index (χ4n) is 1.74. The maximum atomic E-state index is 12.4. The smallest absolute Gasteiger partial charge is 0.203 e. The third kappa shape index (κ3) is 3.07. The zero-order valence-corrected chi connectivity index (χ0v) is 13.2. The molecule has 0 aliphatic rings. The number of halogens is 1. The highest BCUT2D eigenvalue weighted by atomic mass is 35.5. The minimum Gasteiger partial charge on any atom is -0.288 e. The second-order valence-corrected chi connectivity index (χ2v) is 7.20. The van der Waals surface area contributed by atoms with Crippen molar-refractivity contribution < 1.29 is 4.79 Å². The van der Waals surface area contributed by atoms with Gasteiger partial charge in [-0.1, -0.05) is 44.5 Å². The number of carbonyl (C=O) groups is 1. The van der Waals surface area contributed by atoms with Crippen molar-refractivity contribution in [1.29, 1.82) is 0 Å². The van der Waals surface area contributed by atoms with Gasteiger partial charge in [0, 0.05) is 15.5 Å². The van der Waals surface area contributed by atoms with Crippen LogP contribution in [0.5, 0.6) is 0 Å². The molecule has 2 aromatic rings. The van der Waals surface area contributed by atoms with Crippen LogP contribution in [-0.4, -0.2) is 5.78 Å². The first-order chi connectivity index (χ1) is 8.79. The zero-order chi connectivity index (χ0) is 14.2. The normalized spacial score (nSPS) is 11.6. The van der Waals surface area contributed by atoms with Crippen LogP contribution in [0.4, 0.5) is 0 Å². The van der Waals surface area contributed by atoms with Crippen molar-refractivity contribution in [3.05, 3.63) is 56.2 Å². The van der Waals surface area contributed by atoms with Gasteiger partial charge in [-0.15, -0.1) is 11.3 Å². The fraction of sp³-hybridized carbons (Fsp3) is 0.312. The van der Waals surface area contributed by atoms with E-state index in [1.165, 1.54) is 4.88 Å². The highest BCUT2D eigenvalue weighted by Crippen LogP contribution is 2.31. The average Bonchev–Trinajstić information content (AvgIpc) is 2.81. The van der Waals surface area contributed by atoms with Crippen molar-refractivity contribution in [2.45, 2.75) is 33.1 Å². The molecule has 2 rings (SSSR count). The molecule has 3 heteroatoms. The molecule has 0 saturated carbocycles. The van der Waals surface area contributed by atoms with Crippen LogP contribution in [-0.2, 0) is 5.41 Å². The Balaban J connectivity index is 2.34. The highest BCUT2D eigenvalue weighted by Gasteiger charge is 2.19. The van der Waals surface area contributed by atoms with Crippen LogP contribution in [0.25, 0.3) is 0 Å². The molecule has 100 valence electrons. The lowest BCUT2D eigenvalue weighted by Gasteiger charge is -2.15. The summed E-state index contributed by atoms with van der Waals surface area (Å²) in [7, 11) is 0. The highest BCUT2D eigenvalue weighted by molar-refractivity contribution is 7.14. The zero-order valence-electron chi connectivity index (χ0n) is 11.6. The number of rotatable bonds is 2. The molecular formula is C16H17ClOS. The number of hydrogen-bond acceptors (Lipinski definition) is 2. The monoisotopic (exact) mass is 292 g/mol. The van der Waals surface area contributed by atoms with Gasteiger partial charge in [-0.05, 0) is 36.1 Å². The van der Waals surface area contributed by atoms with Crippen molar-refractivity contribution >= 4 is 28.7 Å². The summed E-state index contributed by atoms with van der Waals surface area (Å²) in [6, 6.07) is 9.40. The van der Waals surface area contributed by atoms with Crippen LogP contribution >= 0.6 is 22.9 Å². The van der Waals surface area contributed by atoms with Gasteiger partial charge in [0.15, 0.2) is 0 Å². The van der Waals surface area contributed by atoms with Crippen molar-refractivity contribution in [3.63, 3.8) is 0 Å². The van der Waals surface area contributed by atoms with E-state index in [2.05, 4.69) is 20.8 Å². The summed E-state index contributed by atoms with van der Waals surface area (Å²) >= 11 is 7.63. The van der Waals surface area contributed by atoms with Gasteiger partial charge >= 0.3 is 0 Å². The lowest BCUT2D eigenvalue weighted by Crippen LogP contribution is -2.08. The topological polar surface area (TPSA) is 17.1 Å². The van der Waals surface area contributed by atoms with Gasteiger partial charge in [-0.3, -0.25) is 4.79 Å². The Morgan fingerprint density at radius 1 is 1.16 bits per heavy atom. The number of aryl methyl sites for hydroxylation is 1. The van der Waals surface area contributed by atoms with E-state index in [9.17, 15) is 4.79 Å². The van der Waals surface area contributed by atoms with E-state index in [4.69, 9.17) is 11.6 Å². The summed E-state index contributed by atoms with van der Waals surface area (Å²) in [6.07, 6.45) is 0. The van der Waals surface area contributed by atoms with Gasteiger partial charge in [0.25, 0.3) is 0 Å². The Morgan fingerprint density at radius 3 is 2.37 bits per heavy atom. The molecule has 1 aromatic heterocycles. The molecule has 0 amide bonds. The molecule has 1 heterocycles. The summed E-state index contributed by atoms with van der Waals surface area (Å²) in [5.41, 5.74) is 1.71. The molecule has 1 aromatic carbocycles. The third-order valence-electron chi connectivity index (χ3n) is 3.00. The SMILES string of the molecule is Cc1ccc(C(=O)c2ccc(C(C)(C)C)s2)cc1Cl. The maximum Gasteiger partial charge on any atom is 0.203 e. The first-order valence-corrected chi connectivity index (χ1v) is 7.39. The van der Waals surface area contributed by atoms with Gasteiger partial charge in [-0.2, -0.15) is 0 Å². The van der Waals surface area contributed by atoms with E-state index in [1.807, 2.05) is 31.2 Å². The Morgan fingerprint density at radius 2 is 1.84 bits per heavy atom. The Kier molecular flexibility index (Phi) is 3.84. The number of benzene rings is 1. The average molecular weight is 293 g/mol. The molecule has 0 bridgehead atoms. The lowest BCUT2D eigenvalue weighted by atomic mass is 9.95. The summed E-state index contributed by atoms with van der Waals surface area (Å²) in [4.78, 5) is 14.4. The minimum absolute atomic E-state index is 0.0439. The van der Waals surface area contributed by atoms with E-state index in [-0.39, 0.29) is 11.2 Å². The van der Waals surface area contributed by atoms with Gasteiger partial charge in [-0.25, -0.2) is 0 Å².